The molecule has 0 saturated heterocycles. The van der Waals surface area contributed by atoms with Gasteiger partial charge in [-0.3, -0.25) is 9.10 Å². The molecule has 0 aliphatic rings. The Morgan fingerprint density at radius 3 is 2.17 bits per heavy atom. The molecule has 0 spiro atoms. The van der Waals surface area contributed by atoms with Crippen molar-refractivity contribution >= 4 is 33.2 Å². The minimum Gasteiger partial charge on any atom is -0.493 e. The molecule has 7 nitrogen and oxygen atoms in total. The van der Waals surface area contributed by atoms with Crippen LogP contribution < -0.4 is 13.8 Å². The van der Waals surface area contributed by atoms with Crippen molar-refractivity contribution in [2.45, 2.75) is 19.5 Å². The average molecular weight is 441 g/mol. The van der Waals surface area contributed by atoms with E-state index in [0.717, 1.165) is 16.1 Å². The third kappa shape index (κ3) is 5.55. The Hall–Kier alpha value is -2.45. The van der Waals surface area contributed by atoms with Crippen molar-refractivity contribution in [1.82, 2.24) is 4.90 Å². The summed E-state index contributed by atoms with van der Waals surface area (Å²) in [6, 6.07) is 10.7. The van der Waals surface area contributed by atoms with Gasteiger partial charge in [0, 0.05) is 18.6 Å². The molecule has 0 aliphatic carbocycles. The summed E-state index contributed by atoms with van der Waals surface area (Å²) in [6.07, 6.45) is 1.07. The van der Waals surface area contributed by atoms with Crippen molar-refractivity contribution in [3.63, 3.8) is 0 Å². The smallest absolute Gasteiger partial charge is 0.246 e. The molecule has 0 N–H and O–H groups in total. The highest BCUT2D eigenvalue weighted by atomic mass is 35.5. The van der Waals surface area contributed by atoms with Crippen LogP contribution in [0.25, 0.3) is 0 Å². The quantitative estimate of drug-likeness (QED) is 0.630. The fourth-order valence-electron chi connectivity index (χ4n) is 3.04. The minimum absolute atomic E-state index is 0.280. The van der Waals surface area contributed by atoms with Gasteiger partial charge < -0.3 is 14.4 Å². The summed E-state index contributed by atoms with van der Waals surface area (Å²) in [5, 5.41) is 0.478. The summed E-state index contributed by atoms with van der Waals surface area (Å²) in [5.74, 6) is 0.794. The van der Waals surface area contributed by atoms with Crippen molar-refractivity contribution in [2.75, 3.05) is 31.8 Å². The zero-order chi connectivity index (χ0) is 21.8. The molecular weight excluding hydrogens is 416 g/mol. The van der Waals surface area contributed by atoms with Gasteiger partial charge in [-0.2, -0.15) is 0 Å². The van der Waals surface area contributed by atoms with Crippen molar-refractivity contribution in [3.05, 3.63) is 53.1 Å². The highest BCUT2D eigenvalue weighted by molar-refractivity contribution is 7.92. The number of hydrogen-bond donors (Lipinski definition) is 0. The first kappa shape index (κ1) is 22.8. The summed E-state index contributed by atoms with van der Waals surface area (Å²) in [6.45, 7) is 1.84. The van der Waals surface area contributed by atoms with Gasteiger partial charge in [0.2, 0.25) is 15.9 Å². The predicted molar refractivity (Wildman–Crippen MR) is 114 cm³/mol. The van der Waals surface area contributed by atoms with E-state index >= 15 is 0 Å². The lowest BCUT2D eigenvalue weighted by Crippen LogP contribution is -2.48. The third-order valence-corrected chi connectivity index (χ3v) is 5.89. The molecule has 9 heteroatoms. The van der Waals surface area contributed by atoms with Crippen molar-refractivity contribution < 1.29 is 22.7 Å². The molecule has 0 radical (unpaired) electrons. The van der Waals surface area contributed by atoms with E-state index < -0.39 is 16.1 Å². The Labute approximate surface area is 176 Å². The number of hydrogen-bond acceptors (Lipinski definition) is 5. The predicted octanol–water partition coefficient (Wildman–Crippen LogP) is 3.17. The zero-order valence-corrected chi connectivity index (χ0v) is 18.6. The molecule has 1 amide bonds. The van der Waals surface area contributed by atoms with E-state index in [1.54, 1.807) is 57.5 Å². The van der Waals surface area contributed by atoms with Crippen LogP contribution in [0.15, 0.2) is 42.5 Å². The molecule has 29 heavy (non-hydrogen) atoms. The maximum absolute atomic E-state index is 13.0. The summed E-state index contributed by atoms with van der Waals surface area (Å²) in [4.78, 5) is 14.5. The van der Waals surface area contributed by atoms with E-state index in [0.29, 0.717) is 22.2 Å². The van der Waals surface area contributed by atoms with Gasteiger partial charge >= 0.3 is 0 Å². The van der Waals surface area contributed by atoms with Crippen LogP contribution in [0, 0.1) is 0 Å². The Morgan fingerprint density at radius 2 is 1.66 bits per heavy atom. The first-order valence-corrected chi connectivity index (χ1v) is 11.0. The second kappa shape index (κ2) is 9.37. The largest absolute Gasteiger partial charge is 0.493 e. The van der Waals surface area contributed by atoms with Gasteiger partial charge in [0.25, 0.3) is 0 Å². The van der Waals surface area contributed by atoms with Crippen LogP contribution in [-0.2, 0) is 21.4 Å². The summed E-state index contributed by atoms with van der Waals surface area (Å²) < 4.78 is 36.4. The average Bonchev–Trinajstić information content (AvgIpc) is 2.67. The molecule has 0 unspecified atom stereocenters. The zero-order valence-electron chi connectivity index (χ0n) is 17.0. The highest BCUT2D eigenvalue weighted by Gasteiger charge is 2.31. The monoisotopic (exact) mass is 440 g/mol. The number of halogens is 1. The number of carbonyl (C=O) groups excluding carboxylic acids is 1. The number of nitrogens with zero attached hydrogens (tertiary/aromatic N) is 2. The number of amides is 1. The highest BCUT2D eigenvalue weighted by Crippen LogP contribution is 2.28. The summed E-state index contributed by atoms with van der Waals surface area (Å²) in [7, 11) is 1.01. The van der Waals surface area contributed by atoms with Crippen molar-refractivity contribution in [1.29, 1.82) is 0 Å². The fraction of sp³-hybridized carbons (Fsp3) is 0.350. The molecule has 0 aromatic heterocycles. The van der Waals surface area contributed by atoms with Gasteiger partial charge in [0.1, 0.15) is 6.04 Å². The van der Waals surface area contributed by atoms with Gasteiger partial charge in [0.15, 0.2) is 11.5 Å². The van der Waals surface area contributed by atoms with Gasteiger partial charge in [-0.1, -0.05) is 17.7 Å². The molecule has 2 aromatic carbocycles. The van der Waals surface area contributed by atoms with Crippen molar-refractivity contribution in [2.24, 2.45) is 0 Å². The number of carbonyl (C=O) groups is 1. The molecule has 158 valence electrons. The summed E-state index contributed by atoms with van der Waals surface area (Å²) >= 11 is 5.90. The Kier molecular flexibility index (Phi) is 7.37. The lowest BCUT2D eigenvalue weighted by atomic mass is 10.1. The summed E-state index contributed by atoms with van der Waals surface area (Å²) in [5.41, 5.74) is 1.19. The lowest BCUT2D eigenvalue weighted by molar-refractivity contribution is -0.131. The standard InChI is InChI=1S/C20H25ClN2O5S/c1-14(23(29(5,25)26)17-9-7-16(21)8-10-17)20(24)22(2)13-15-6-11-18(27-3)19(12-15)28-4/h6-12,14H,13H2,1-5H3/t14-/m1/s1. The minimum atomic E-state index is -3.69. The second-order valence-corrected chi connectivity index (χ2v) is 8.89. The second-order valence-electron chi connectivity index (χ2n) is 6.59. The number of rotatable bonds is 8. The van der Waals surface area contributed by atoms with Gasteiger partial charge in [0.05, 0.1) is 26.2 Å². The van der Waals surface area contributed by atoms with E-state index in [-0.39, 0.29) is 12.5 Å². The number of anilines is 1. The molecule has 0 bridgehead atoms. The van der Waals surface area contributed by atoms with Crippen molar-refractivity contribution in [3.8, 4) is 11.5 Å². The molecular formula is C20H25ClN2O5S. The van der Waals surface area contributed by atoms with E-state index in [9.17, 15) is 13.2 Å². The van der Waals surface area contributed by atoms with Gasteiger partial charge in [-0.15, -0.1) is 0 Å². The molecule has 0 heterocycles. The lowest BCUT2D eigenvalue weighted by Gasteiger charge is -2.31. The normalized spacial score (nSPS) is 12.2. The molecule has 1 atom stereocenters. The number of ether oxygens (including phenoxy) is 2. The van der Waals surface area contributed by atoms with Crippen LogP contribution in [-0.4, -0.2) is 52.8 Å². The van der Waals surface area contributed by atoms with Crippen LogP contribution in [0.4, 0.5) is 5.69 Å². The van der Waals surface area contributed by atoms with Gasteiger partial charge in [-0.25, -0.2) is 8.42 Å². The van der Waals surface area contributed by atoms with E-state index in [4.69, 9.17) is 21.1 Å². The van der Waals surface area contributed by atoms with Gasteiger partial charge in [-0.05, 0) is 48.9 Å². The Balaban J connectivity index is 2.25. The van der Waals surface area contributed by atoms with Crippen LogP contribution in [0.3, 0.4) is 0 Å². The first-order valence-electron chi connectivity index (χ1n) is 8.79. The van der Waals surface area contributed by atoms with Crippen LogP contribution in [0.2, 0.25) is 5.02 Å². The topological polar surface area (TPSA) is 76.2 Å². The Bertz CT molecular complexity index is 963. The first-order chi connectivity index (χ1) is 13.6. The number of sulfonamides is 1. The molecule has 0 aliphatic heterocycles. The maximum atomic E-state index is 13.0. The van der Waals surface area contributed by atoms with E-state index in [1.165, 1.54) is 12.0 Å². The fourth-order valence-corrected chi connectivity index (χ4v) is 4.34. The molecule has 0 saturated carbocycles. The molecule has 2 aromatic rings. The van der Waals surface area contributed by atoms with Crippen LogP contribution >= 0.6 is 11.6 Å². The number of methoxy groups -OCH3 is 2. The molecule has 0 fully saturated rings. The van der Waals surface area contributed by atoms with E-state index in [2.05, 4.69) is 0 Å². The Morgan fingerprint density at radius 1 is 1.07 bits per heavy atom. The maximum Gasteiger partial charge on any atom is 0.246 e. The van der Waals surface area contributed by atoms with Crippen LogP contribution in [0.1, 0.15) is 12.5 Å². The SMILES string of the molecule is COc1ccc(CN(C)C(=O)[C@@H](C)N(c2ccc(Cl)cc2)S(C)(=O)=O)cc1OC. The number of likely N-dealkylation sites (N-methyl/N-ethyl adjacent to an activating group) is 1. The molecule has 2 rings (SSSR count). The number of benzene rings is 2. The third-order valence-electron chi connectivity index (χ3n) is 4.39. The van der Waals surface area contributed by atoms with Crippen LogP contribution in [0.5, 0.6) is 11.5 Å². The van der Waals surface area contributed by atoms with E-state index in [1.807, 2.05) is 6.07 Å².